The van der Waals surface area contributed by atoms with Crippen LogP contribution in [0.3, 0.4) is 0 Å². The van der Waals surface area contributed by atoms with Gasteiger partial charge in [0.1, 0.15) is 17.2 Å². The van der Waals surface area contributed by atoms with Gasteiger partial charge in [0.25, 0.3) is 0 Å². The number of fused-ring (bicyclic) bond motifs is 1. The zero-order valence-corrected chi connectivity index (χ0v) is 13.8. The standard InChI is InChI=1S/C18H22N2O3/c1-12-10-19-6-4-13(12)11-20-15-5-7-23-17-9-14(21-2)8-16(22-3)18(15)17/h4,6,8-10,15,20H,5,7,11H2,1-3H3. The monoisotopic (exact) mass is 314 g/mol. The van der Waals surface area contributed by atoms with Gasteiger partial charge in [0, 0.05) is 43.5 Å². The Balaban J connectivity index is 1.85. The maximum absolute atomic E-state index is 5.80. The van der Waals surface area contributed by atoms with Crippen molar-refractivity contribution in [3.8, 4) is 17.2 Å². The number of rotatable bonds is 5. The van der Waals surface area contributed by atoms with Gasteiger partial charge in [0.15, 0.2) is 0 Å². The van der Waals surface area contributed by atoms with Crippen LogP contribution in [0.15, 0.2) is 30.6 Å². The fourth-order valence-corrected chi connectivity index (χ4v) is 2.90. The maximum atomic E-state index is 5.80. The van der Waals surface area contributed by atoms with Gasteiger partial charge in [-0.25, -0.2) is 0 Å². The first-order valence-electron chi connectivity index (χ1n) is 7.74. The lowest BCUT2D eigenvalue weighted by Crippen LogP contribution is -2.27. The number of ether oxygens (including phenoxy) is 3. The van der Waals surface area contributed by atoms with Crippen LogP contribution >= 0.6 is 0 Å². The zero-order valence-electron chi connectivity index (χ0n) is 13.8. The van der Waals surface area contributed by atoms with Crippen LogP contribution in [0.2, 0.25) is 0 Å². The Hall–Kier alpha value is -2.27. The van der Waals surface area contributed by atoms with Crippen molar-refractivity contribution in [2.75, 3.05) is 20.8 Å². The maximum Gasteiger partial charge on any atom is 0.131 e. The van der Waals surface area contributed by atoms with Crippen molar-refractivity contribution < 1.29 is 14.2 Å². The quantitative estimate of drug-likeness (QED) is 0.919. The molecule has 0 saturated carbocycles. The lowest BCUT2D eigenvalue weighted by Gasteiger charge is -2.29. The fourth-order valence-electron chi connectivity index (χ4n) is 2.90. The molecular formula is C18H22N2O3. The highest BCUT2D eigenvalue weighted by Gasteiger charge is 2.26. The van der Waals surface area contributed by atoms with Gasteiger partial charge in [-0.05, 0) is 24.1 Å². The molecular weight excluding hydrogens is 292 g/mol. The predicted molar refractivity (Wildman–Crippen MR) is 88.2 cm³/mol. The van der Waals surface area contributed by atoms with Crippen LogP contribution in [-0.4, -0.2) is 25.8 Å². The average Bonchev–Trinajstić information content (AvgIpc) is 2.59. The molecule has 0 amide bonds. The number of aryl methyl sites for hydroxylation is 1. The first-order chi connectivity index (χ1) is 11.2. The Morgan fingerprint density at radius 1 is 1.30 bits per heavy atom. The van der Waals surface area contributed by atoms with E-state index in [4.69, 9.17) is 14.2 Å². The van der Waals surface area contributed by atoms with Crippen LogP contribution in [-0.2, 0) is 6.54 Å². The van der Waals surface area contributed by atoms with Crippen LogP contribution in [0.1, 0.15) is 29.2 Å². The fraction of sp³-hybridized carbons (Fsp3) is 0.389. The number of pyridine rings is 1. The Morgan fingerprint density at radius 2 is 2.17 bits per heavy atom. The highest BCUT2D eigenvalue weighted by atomic mass is 16.5. The van der Waals surface area contributed by atoms with Crippen molar-refractivity contribution in [1.29, 1.82) is 0 Å². The molecule has 2 heterocycles. The smallest absolute Gasteiger partial charge is 0.131 e. The molecule has 1 aliphatic rings. The molecule has 5 heteroatoms. The van der Waals surface area contributed by atoms with Gasteiger partial charge in [0.05, 0.1) is 26.4 Å². The predicted octanol–water partition coefficient (Wildman–Crippen LogP) is 3.02. The molecule has 1 aliphatic heterocycles. The van der Waals surface area contributed by atoms with Gasteiger partial charge in [-0.2, -0.15) is 0 Å². The lowest BCUT2D eigenvalue weighted by molar-refractivity contribution is 0.243. The number of hydrogen-bond acceptors (Lipinski definition) is 5. The van der Waals surface area contributed by atoms with Crippen molar-refractivity contribution in [1.82, 2.24) is 10.3 Å². The second kappa shape index (κ2) is 6.87. The highest BCUT2D eigenvalue weighted by molar-refractivity contribution is 5.53. The van der Waals surface area contributed by atoms with E-state index < -0.39 is 0 Å². The SMILES string of the molecule is COc1cc(OC)c2c(c1)OCCC2NCc1ccncc1C. The second-order valence-electron chi connectivity index (χ2n) is 5.61. The molecule has 0 bridgehead atoms. The molecule has 0 spiro atoms. The summed E-state index contributed by atoms with van der Waals surface area (Å²) in [6.07, 6.45) is 4.62. The van der Waals surface area contributed by atoms with E-state index in [1.165, 1.54) is 11.1 Å². The molecule has 23 heavy (non-hydrogen) atoms. The minimum atomic E-state index is 0.187. The van der Waals surface area contributed by atoms with E-state index in [0.717, 1.165) is 35.8 Å². The number of nitrogens with one attached hydrogen (secondary N) is 1. The largest absolute Gasteiger partial charge is 0.496 e. The van der Waals surface area contributed by atoms with Crippen molar-refractivity contribution in [3.05, 3.63) is 47.3 Å². The summed E-state index contributed by atoms with van der Waals surface area (Å²) in [6.45, 7) is 3.54. The number of nitrogens with zero attached hydrogens (tertiary/aromatic N) is 1. The minimum Gasteiger partial charge on any atom is -0.496 e. The summed E-state index contributed by atoms with van der Waals surface area (Å²) in [5, 5.41) is 3.62. The Kier molecular flexibility index (Phi) is 4.67. The Morgan fingerprint density at radius 3 is 2.91 bits per heavy atom. The topological polar surface area (TPSA) is 52.6 Å². The number of aromatic nitrogens is 1. The van der Waals surface area contributed by atoms with Gasteiger partial charge >= 0.3 is 0 Å². The molecule has 2 aromatic rings. The van der Waals surface area contributed by atoms with E-state index in [2.05, 4.69) is 17.2 Å². The molecule has 1 aromatic heterocycles. The molecule has 1 atom stereocenters. The summed E-state index contributed by atoms with van der Waals surface area (Å²) >= 11 is 0. The molecule has 5 nitrogen and oxygen atoms in total. The third kappa shape index (κ3) is 3.24. The van der Waals surface area contributed by atoms with Crippen LogP contribution in [0.25, 0.3) is 0 Å². The third-order valence-corrected chi connectivity index (χ3v) is 4.22. The Bertz CT molecular complexity index is 671. The molecule has 122 valence electrons. The van der Waals surface area contributed by atoms with Crippen molar-refractivity contribution >= 4 is 0 Å². The summed E-state index contributed by atoms with van der Waals surface area (Å²) in [6, 6.07) is 6.06. The van der Waals surface area contributed by atoms with Gasteiger partial charge in [-0.1, -0.05) is 0 Å². The Labute approximate surface area is 136 Å². The van der Waals surface area contributed by atoms with Crippen molar-refractivity contribution in [3.63, 3.8) is 0 Å². The average molecular weight is 314 g/mol. The highest BCUT2D eigenvalue weighted by Crippen LogP contribution is 2.42. The number of methoxy groups -OCH3 is 2. The lowest BCUT2D eigenvalue weighted by atomic mass is 9.98. The molecule has 0 fully saturated rings. The molecule has 0 saturated heterocycles. The summed E-state index contributed by atoms with van der Waals surface area (Å²) in [5.41, 5.74) is 3.50. The molecule has 1 aromatic carbocycles. The number of hydrogen-bond donors (Lipinski definition) is 1. The van der Waals surface area contributed by atoms with Crippen LogP contribution in [0.5, 0.6) is 17.2 Å². The first kappa shape index (κ1) is 15.6. The number of benzene rings is 1. The molecule has 1 unspecified atom stereocenters. The molecule has 1 N–H and O–H groups in total. The van der Waals surface area contributed by atoms with Gasteiger partial charge in [-0.3, -0.25) is 4.98 Å². The summed E-state index contributed by atoms with van der Waals surface area (Å²) in [7, 11) is 3.32. The molecule has 0 aliphatic carbocycles. The van der Waals surface area contributed by atoms with Gasteiger partial charge in [-0.15, -0.1) is 0 Å². The van der Waals surface area contributed by atoms with Gasteiger partial charge in [0.2, 0.25) is 0 Å². The van der Waals surface area contributed by atoms with Crippen molar-refractivity contribution in [2.24, 2.45) is 0 Å². The summed E-state index contributed by atoms with van der Waals surface area (Å²) in [5.74, 6) is 2.37. The van der Waals surface area contributed by atoms with Gasteiger partial charge < -0.3 is 19.5 Å². The summed E-state index contributed by atoms with van der Waals surface area (Å²) in [4.78, 5) is 4.14. The van der Waals surface area contributed by atoms with Crippen LogP contribution in [0, 0.1) is 6.92 Å². The second-order valence-corrected chi connectivity index (χ2v) is 5.61. The normalized spacial score (nSPS) is 16.4. The minimum absolute atomic E-state index is 0.187. The van der Waals surface area contributed by atoms with Crippen LogP contribution < -0.4 is 19.5 Å². The van der Waals surface area contributed by atoms with E-state index in [1.807, 2.05) is 30.6 Å². The van der Waals surface area contributed by atoms with Crippen molar-refractivity contribution in [2.45, 2.75) is 25.9 Å². The van der Waals surface area contributed by atoms with E-state index >= 15 is 0 Å². The zero-order chi connectivity index (χ0) is 16.2. The van der Waals surface area contributed by atoms with E-state index in [-0.39, 0.29) is 6.04 Å². The van der Waals surface area contributed by atoms with E-state index in [0.29, 0.717) is 6.61 Å². The van der Waals surface area contributed by atoms with Crippen LogP contribution in [0.4, 0.5) is 0 Å². The first-order valence-corrected chi connectivity index (χ1v) is 7.74. The molecule has 3 rings (SSSR count). The van der Waals surface area contributed by atoms with E-state index in [9.17, 15) is 0 Å². The van der Waals surface area contributed by atoms with E-state index in [1.54, 1.807) is 14.2 Å². The molecule has 0 radical (unpaired) electrons. The summed E-state index contributed by atoms with van der Waals surface area (Å²) < 4.78 is 16.7. The third-order valence-electron chi connectivity index (χ3n) is 4.22.